The summed E-state index contributed by atoms with van der Waals surface area (Å²) in [6.45, 7) is 4.69. The minimum atomic E-state index is -1.37. The molecule has 1 fully saturated rings. The summed E-state index contributed by atoms with van der Waals surface area (Å²) in [6.07, 6.45) is -1.91. The summed E-state index contributed by atoms with van der Waals surface area (Å²) in [5.41, 5.74) is -0.828. The lowest BCUT2D eigenvalue weighted by Gasteiger charge is -2.26. The molecule has 2 rings (SSSR count). The molecule has 1 heterocycles. The fourth-order valence-corrected chi connectivity index (χ4v) is 2.41. The third kappa shape index (κ3) is 4.55. The van der Waals surface area contributed by atoms with Gasteiger partial charge in [0.05, 0.1) is 6.54 Å². The number of ether oxygens (including phenoxy) is 2. The van der Waals surface area contributed by atoms with Crippen LogP contribution >= 0.6 is 0 Å². The van der Waals surface area contributed by atoms with Crippen LogP contribution in [-0.4, -0.2) is 46.4 Å². The van der Waals surface area contributed by atoms with Crippen molar-refractivity contribution in [3.63, 3.8) is 0 Å². The molecule has 1 aromatic rings. The average Bonchev–Trinajstić information content (AvgIpc) is 2.87. The number of likely N-dealkylation sites (tertiary alicyclic amines) is 1. The van der Waals surface area contributed by atoms with E-state index in [-0.39, 0.29) is 13.0 Å². The molecule has 138 valence electrons. The third-order valence-corrected chi connectivity index (χ3v) is 3.44. The highest BCUT2D eigenvalue weighted by Crippen LogP contribution is 2.28. The number of benzene rings is 1. The van der Waals surface area contributed by atoms with Crippen molar-refractivity contribution in [2.24, 2.45) is 0 Å². The lowest BCUT2D eigenvalue weighted by molar-refractivity contribution is -0.142. The second kappa shape index (κ2) is 6.81. The van der Waals surface area contributed by atoms with Gasteiger partial charge >= 0.3 is 12.1 Å². The number of carbonyl (C=O) groups is 2. The monoisotopic (exact) mass is 361 g/mol. The van der Waals surface area contributed by atoms with Crippen LogP contribution < -0.4 is 4.74 Å². The molecule has 9 heteroatoms. The van der Waals surface area contributed by atoms with Gasteiger partial charge < -0.3 is 14.6 Å². The highest BCUT2D eigenvalue weighted by molar-refractivity contribution is 5.81. The molecule has 0 saturated carbocycles. The first-order valence-corrected chi connectivity index (χ1v) is 7.51. The van der Waals surface area contributed by atoms with Crippen molar-refractivity contribution in [2.45, 2.75) is 44.9 Å². The molecule has 0 aliphatic carbocycles. The Morgan fingerprint density at radius 1 is 1.16 bits per heavy atom. The molecule has 2 atom stereocenters. The van der Waals surface area contributed by atoms with Gasteiger partial charge in [-0.25, -0.2) is 22.8 Å². The number of aliphatic carboxylic acids is 1. The van der Waals surface area contributed by atoms with Crippen LogP contribution in [0.1, 0.15) is 27.2 Å². The van der Waals surface area contributed by atoms with E-state index in [0.29, 0.717) is 12.1 Å². The number of carboxylic acids is 1. The SMILES string of the molecule is CC(C)(C)OC(=O)N1C[C@@H](Oc2cc(F)c(F)cc2F)C[C@H]1C(=O)O. The van der Waals surface area contributed by atoms with Gasteiger partial charge in [0.1, 0.15) is 17.7 Å². The van der Waals surface area contributed by atoms with Crippen LogP contribution in [0, 0.1) is 17.5 Å². The molecule has 0 aromatic heterocycles. The largest absolute Gasteiger partial charge is 0.485 e. The predicted octanol–water partition coefficient (Wildman–Crippen LogP) is 2.95. The Morgan fingerprint density at radius 3 is 2.32 bits per heavy atom. The summed E-state index contributed by atoms with van der Waals surface area (Å²) in [5, 5.41) is 9.26. The highest BCUT2D eigenvalue weighted by Gasteiger charge is 2.43. The first-order valence-electron chi connectivity index (χ1n) is 7.51. The zero-order valence-corrected chi connectivity index (χ0v) is 13.9. The van der Waals surface area contributed by atoms with Gasteiger partial charge in [-0.3, -0.25) is 4.90 Å². The maximum absolute atomic E-state index is 13.7. The quantitative estimate of drug-likeness (QED) is 0.838. The molecule has 0 bridgehead atoms. The van der Waals surface area contributed by atoms with E-state index in [1.54, 1.807) is 20.8 Å². The Morgan fingerprint density at radius 2 is 1.76 bits per heavy atom. The molecule has 1 amide bonds. The molecule has 6 nitrogen and oxygen atoms in total. The van der Waals surface area contributed by atoms with E-state index in [9.17, 15) is 27.9 Å². The van der Waals surface area contributed by atoms with Gasteiger partial charge in [-0.15, -0.1) is 0 Å². The molecule has 1 aliphatic heterocycles. The van der Waals surface area contributed by atoms with Gasteiger partial charge in [-0.2, -0.15) is 0 Å². The zero-order valence-electron chi connectivity index (χ0n) is 13.9. The fourth-order valence-electron chi connectivity index (χ4n) is 2.41. The first kappa shape index (κ1) is 18.9. The topological polar surface area (TPSA) is 76.1 Å². The van der Waals surface area contributed by atoms with Crippen molar-refractivity contribution >= 4 is 12.1 Å². The Hall–Kier alpha value is -2.45. The maximum atomic E-state index is 13.7. The molecule has 0 radical (unpaired) electrons. The van der Waals surface area contributed by atoms with Crippen LogP contribution in [0.25, 0.3) is 0 Å². The maximum Gasteiger partial charge on any atom is 0.411 e. The van der Waals surface area contributed by atoms with E-state index in [1.165, 1.54) is 0 Å². The van der Waals surface area contributed by atoms with Crippen molar-refractivity contribution in [2.75, 3.05) is 6.54 Å². The van der Waals surface area contributed by atoms with Crippen molar-refractivity contribution in [1.29, 1.82) is 0 Å². The minimum absolute atomic E-state index is 0.146. The number of halogens is 3. The normalized spacial score (nSPS) is 20.5. The second-order valence-corrected chi connectivity index (χ2v) is 6.66. The number of rotatable bonds is 3. The van der Waals surface area contributed by atoms with E-state index >= 15 is 0 Å². The summed E-state index contributed by atoms with van der Waals surface area (Å²) >= 11 is 0. The molecule has 1 N–H and O–H groups in total. The fraction of sp³-hybridized carbons (Fsp3) is 0.500. The standard InChI is InChI=1S/C16H18F3NO5/c1-16(2,3)25-15(23)20-7-8(4-12(20)14(21)22)24-13-6-10(18)9(17)5-11(13)19/h5-6,8,12H,4,7H2,1-3H3,(H,21,22)/t8-,12-/m0/s1. The molecular formula is C16H18F3NO5. The summed E-state index contributed by atoms with van der Waals surface area (Å²) in [5.74, 6) is -5.62. The van der Waals surface area contributed by atoms with Crippen LogP contribution in [0.5, 0.6) is 5.75 Å². The molecule has 1 aromatic carbocycles. The van der Waals surface area contributed by atoms with E-state index in [0.717, 1.165) is 4.90 Å². The van der Waals surface area contributed by atoms with Gasteiger partial charge in [0, 0.05) is 18.6 Å². The van der Waals surface area contributed by atoms with Crippen molar-refractivity contribution in [1.82, 2.24) is 4.90 Å². The number of carboxylic acid groups (broad SMARTS) is 1. The summed E-state index contributed by atoms with van der Waals surface area (Å²) < 4.78 is 50.2. The first-order chi connectivity index (χ1) is 11.5. The lowest BCUT2D eigenvalue weighted by Crippen LogP contribution is -2.43. The number of amides is 1. The van der Waals surface area contributed by atoms with Gasteiger partial charge in [0.15, 0.2) is 23.2 Å². The van der Waals surface area contributed by atoms with Crippen molar-refractivity contribution in [3.8, 4) is 5.75 Å². The van der Waals surface area contributed by atoms with Crippen LogP contribution in [-0.2, 0) is 9.53 Å². The summed E-state index contributed by atoms with van der Waals surface area (Å²) in [4.78, 5) is 24.5. The van der Waals surface area contributed by atoms with E-state index in [4.69, 9.17) is 9.47 Å². The molecular weight excluding hydrogens is 343 g/mol. The average molecular weight is 361 g/mol. The van der Waals surface area contributed by atoms with Crippen LogP contribution in [0.15, 0.2) is 12.1 Å². The number of carbonyl (C=O) groups excluding carboxylic acids is 1. The predicted molar refractivity (Wildman–Crippen MR) is 79.7 cm³/mol. The number of hydrogen-bond acceptors (Lipinski definition) is 4. The Balaban J connectivity index is 2.15. The van der Waals surface area contributed by atoms with E-state index in [2.05, 4.69) is 0 Å². The Bertz CT molecular complexity index is 689. The second-order valence-electron chi connectivity index (χ2n) is 6.66. The smallest absolute Gasteiger partial charge is 0.411 e. The minimum Gasteiger partial charge on any atom is -0.485 e. The van der Waals surface area contributed by atoms with E-state index in [1.807, 2.05) is 0 Å². The molecule has 0 spiro atoms. The summed E-state index contributed by atoms with van der Waals surface area (Å²) in [6, 6.07) is -0.357. The van der Waals surface area contributed by atoms with Crippen molar-refractivity contribution in [3.05, 3.63) is 29.6 Å². The van der Waals surface area contributed by atoms with Crippen LogP contribution in [0.4, 0.5) is 18.0 Å². The molecule has 1 aliphatic rings. The zero-order chi connectivity index (χ0) is 18.9. The molecule has 25 heavy (non-hydrogen) atoms. The van der Waals surface area contributed by atoms with Gasteiger partial charge in [-0.1, -0.05) is 0 Å². The number of nitrogens with zero attached hydrogens (tertiary/aromatic N) is 1. The van der Waals surface area contributed by atoms with Crippen molar-refractivity contribution < 1.29 is 37.3 Å². The number of hydrogen-bond donors (Lipinski definition) is 1. The van der Waals surface area contributed by atoms with Crippen LogP contribution in [0.3, 0.4) is 0 Å². The summed E-state index contributed by atoms with van der Waals surface area (Å²) in [7, 11) is 0. The Labute approximate surface area is 142 Å². The van der Waals surface area contributed by atoms with Gasteiger partial charge in [0.2, 0.25) is 0 Å². The van der Waals surface area contributed by atoms with Gasteiger partial charge in [0.25, 0.3) is 0 Å². The third-order valence-electron chi connectivity index (χ3n) is 3.44. The highest BCUT2D eigenvalue weighted by atomic mass is 19.2. The Kier molecular flexibility index (Phi) is 5.15. The van der Waals surface area contributed by atoms with Crippen LogP contribution in [0.2, 0.25) is 0 Å². The molecule has 0 unspecified atom stereocenters. The molecule has 1 saturated heterocycles. The lowest BCUT2D eigenvalue weighted by atomic mass is 10.2. The van der Waals surface area contributed by atoms with E-state index < -0.39 is 53.0 Å². The van der Waals surface area contributed by atoms with Gasteiger partial charge in [-0.05, 0) is 20.8 Å².